The molecule has 2 unspecified atom stereocenters. The highest BCUT2D eigenvalue weighted by Gasteiger charge is 2.34. The van der Waals surface area contributed by atoms with Crippen molar-refractivity contribution in [2.45, 2.75) is 84.8 Å². The summed E-state index contributed by atoms with van der Waals surface area (Å²) in [6, 6.07) is 18.8. The second-order valence-corrected chi connectivity index (χ2v) is 12.6. The summed E-state index contributed by atoms with van der Waals surface area (Å²) in [4.78, 5) is 29.3. The van der Waals surface area contributed by atoms with Crippen molar-refractivity contribution < 1.29 is 18.0 Å². The zero-order valence-corrected chi connectivity index (χ0v) is 26.1. The van der Waals surface area contributed by atoms with Crippen LogP contribution in [0.15, 0.2) is 71.6 Å². The number of nitrogens with one attached hydrogen (secondary N) is 1. The van der Waals surface area contributed by atoms with Crippen LogP contribution in [0.4, 0.5) is 5.69 Å². The number of carbonyl (C=O) groups excluding carboxylic acids is 2. The van der Waals surface area contributed by atoms with Crippen LogP contribution < -0.4 is 9.62 Å². The number of anilines is 1. The Hall–Kier alpha value is -3.65. The number of amides is 2. The van der Waals surface area contributed by atoms with E-state index in [-0.39, 0.29) is 23.4 Å². The third kappa shape index (κ3) is 7.76. The Morgan fingerprint density at radius 1 is 0.829 bits per heavy atom. The first-order valence-corrected chi connectivity index (χ1v) is 15.6. The molecule has 2 amide bonds. The van der Waals surface area contributed by atoms with Crippen LogP contribution in [-0.2, 0) is 26.2 Å². The molecule has 0 saturated carbocycles. The molecular formula is C33H43N3O4S. The molecule has 0 aliphatic carbocycles. The molecule has 7 nitrogen and oxygen atoms in total. The molecule has 0 heterocycles. The zero-order chi connectivity index (χ0) is 30.3. The highest BCUT2D eigenvalue weighted by atomic mass is 32.2. The predicted molar refractivity (Wildman–Crippen MR) is 165 cm³/mol. The van der Waals surface area contributed by atoms with Crippen LogP contribution in [0.5, 0.6) is 0 Å². The number of hydrogen-bond donors (Lipinski definition) is 1. The summed E-state index contributed by atoms with van der Waals surface area (Å²) in [7, 11) is -4.10. The molecule has 0 saturated heterocycles. The van der Waals surface area contributed by atoms with E-state index < -0.39 is 28.5 Å². The average Bonchev–Trinajstić information content (AvgIpc) is 2.94. The van der Waals surface area contributed by atoms with Gasteiger partial charge in [0, 0.05) is 12.6 Å². The predicted octanol–water partition coefficient (Wildman–Crippen LogP) is 5.84. The molecule has 3 aromatic carbocycles. The number of nitrogens with zero attached hydrogens (tertiary/aromatic N) is 2. The second kappa shape index (κ2) is 13.8. The molecule has 0 spiro atoms. The van der Waals surface area contributed by atoms with E-state index in [1.807, 2.05) is 78.8 Å². The topological polar surface area (TPSA) is 86.8 Å². The first-order chi connectivity index (χ1) is 19.4. The molecule has 0 aromatic heterocycles. The number of sulfonamides is 1. The van der Waals surface area contributed by atoms with Gasteiger partial charge in [-0.05, 0) is 94.0 Å². The summed E-state index contributed by atoms with van der Waals surface area (Å²) in [6.07, 6.45) is 1.14. The lowest BCUT2D eigenvalue weighted by Gasteiger charge is -2.34. The van der Waals surface area contributed by atoms with E-state index in [9.17, 15) is 18.0 Å². The fraction of sp³-hybridized carbons (Fsp3) is 0.394. The molecule has 8 heteroatoms. The maximum Gasteiger partial charge on any atom is 0.264 e. The highest BCUT2D eigenvalue weighted by molar-refractivity contribution is 7.92. The monoisotopic (exact) mass is 577 g/mol. The summed E-state index contributed by atoms with van der Waals surface area (Å²) >= 11 is 0. The van der Waals surface area contributed by atoms with Crippen molar-refractivity contribution in [3.05, 3.63) is 94.5 Å². The van der Waals surface area contributed by atoms with Gasteiger partial charge in [-0.25, -0.2) is 8.42 Å². The first-order valence-electron chi connectivity index (χ1n) is 14.2. The lowest BCUT2D eigenvalue weighted by molar-refractivity contribution is -0.140. The van der Waals surface area contributed by atoms with E-state index in [2.05, 4.69) is 5.32 Å². The van der Waals surface area contributed by atoms with Gasteiger partial charge in [0.2, 0.25) is 11.8 Å². The van der Waals surface area contributed by atoms with E-state index >= 15 is 0 Å². The summed E-state index contributed by atoms with van der Waals surface area (Å²) in [5.74, 6) is -0.698. The lowest BCUT2D eigenvalue weighted by Crippen LogP contribution is -2.53. The number of carbonyl (C=O) groups is 2. The molecule has 0 aliphatic rings. The zero-order valence-electron chi connectivity index (χ0n) is 25.3. The number of hydrogen-bond acceptors (Lipinski definition) is 4. The van der Waals surface area contributed by atoms with Gasteiger partial charge in [0.1, 0.15) is 12.6 Å². The van der Waals surface area contributed by atoms with Gasteiger partial charge in [-0.15, -0.1) is 0 Å². The number of benzene rings is 3. The lowest BCUT2D eigenvalue weighted by atomic mass is 10.1. The van der Waals surface area contributed by atoms with Crippen molar-refractivity contribution in [1.29, 1.82) is 0 Å². The Morgan fingerprint density at radius 2 is 1.49 bits per heavy atom. The van der Waals surface area contributed by atoms with Crippen LogP contribution in [0.25, 0.3) is 0 Å². The van der Waals surface area contributed by atoms with Crippen molar-refractivity contribution in [3.63, 3.8) is 0 Å². The van der Waals surface area contributed by atoms with E-state index in [1.54, 1.807) is 36.4 Å². The summed E-state index contributed by atoms with van der Waals surface area (Å²) in [5.41, 5.74) is 5.14. The maximum atomic E-state index is 14.2. The van der Waals surface area contributed by atoms with Crippen LogP contribution in [0.3, 0.4) is 0 Å². The van der Waals surface area contributed by atoms with Crippen LogP contribution in [-0.4, -0.2) is 43.8 Å². The molecule has 2 atom stereocenters. The van der Waals surface area contributed by atoms with Crippen molar-refractivity contribution in [1.82, 2.24) is 10.2 Å². The van der Waals surface area contributed by atoms with Crippen LogP contribution in [0.2, 0.25) is 0 Å². The third-order valence-electron chi connectivity index (χ3n) is 7.66. The minimum absolute atomic E-state index is 0.0547. The Labute approximate surface area is 245 Å². The van der Waals surface area contributed by atoms with Gasteiger partial charge < -0.3 is 10.2 Å². The molecule has 41 heavy (non-hydrogen) atoms. The van der Waals surface area contributed by atoms with Gasteiger partial charge >= 0.3 is 0 Å². The molecule has 0 fully saturated rings. The quantitative estimate of drug-likeness (QED) is 0.293. The van der Waals surface area contributed by atoms with Gasteiger partial charge in [0.05, 0.1) is 10.6 Å². The standard InChI is InChI=1S/C33H43N3O4S/c1-8-27(7)34-33(38)31(9-2)35(21-28-13-11-10-12-25(28)5)32(37)22-36(29-17-16-24(4)26(6)20-29)41(39,40)30-18-14-23(3)15-19-30/h10-20,27,31H,8-9,21-22H2,1-7H3,(H,34,38). The van der Waals surface area contributed by atoms with Crippen LogP contribution in [0.1, 0.15) is 61.4 Å². The number of rotatable bonds is 12. The minimum Gasteiger partial charge on any atom is -0.352 e. The molecule has 0 radical (unpaired) electrons. The molecule has 1 N–H and O–H groups in total. The third-order valence-corrected chi connectivity index (χ3v) is 9.44. The second-order valence-electron chi connectivity index (χ2n) is 10.8. The van der Waals surface area contributed by atoms with Crippen molar-refractivity contribution in [2.75, 3.05) is 10.8 Å². The van der Waals surface area contributed by atoms with Crippen molar-refractivity contribution >= 4 is 27.5 Å². The van der Waals surface area contributed by atoms with Gasteiger partial charge in [0.25, 0.3) is 10.0 Å². The fourth-order valence-electron chi connectivity index (χ4n) is 4.58. The largest absolute Gasteiger partial charge is 0.352 e. The van der Waals surface area contributed by atoms with E-state index in [0.29, 0.717) is 12.1 Å². The van der Waals surface area contributed by atoms with Crippen molar-refractivity contribution in [2.24, 2.45) is 0 Å². The van der Waals surface area contributed by atoms with Gasteiger partial charge in [-0.2, -0.15) is 0 Å². The maximum absolute atomic E-state index is 14.2. The van der Waals surface area contributed by atoms with Crippen LogP contribution >= 0.6 is 0 Å². The number of aryl methyl sites for hydroxylation is 4. The molecule has 220 valence electrons. The normalized spacial score (nSPS) is 12.9. The summed E-state index contributed by atoms with van der Waals surface area (Å²) in [6.45, 7) is 13.2. The fourth-order valence-corrected chi connectivity index (χ4v) is 5.98. The average molecular weight is 578 g/mol. The Kier molecular flexibility index (Phi) is 10.7. The van der Waals surface area contributed by atoms with E-state index in [4.69, 9.17) is 0 Å². The Bertz CT molecular complexity index is 1470. The van der Waals surface area contributed by atoms with Crippen LogP contribution in [0, 0.1) is 27.7 Å². The molecule has 3 rings (SSSR count). The van der Waals surface area contributed by atoms with Gasteiger partial charge in [-0.3, -0.25) is 13.9 Å². The SMILES string of the molecule is CCC(C)NC(=O)C(CC)N(Cc1ccccc1C)C(=O)CN(c1ccc(C)c(C)c1)S(=O)(=O)c1ccc(C)cc1. The van der Waals surface area contributed by atoms with E-state index in [0.717, 1.165) is 38.5 Å². The smallest absolute Gasteiger partial charge is 0.264 e. The van der Waals surface area contributed by atoms with E-state index in [1.165, 1.54) is 4.90 Å². The molecular weight excluding hydrogens is 534 g/mol. The highest BCUT2D eigenvalue weighted by Crippen LogP contribution is 2.27. The molecule has 0 aliphatic heterocycles. The molecule has 3 aromatic rings. The first kappa shape index (κ1) is 31.9. The van der Waals surface area contributed by atoms with Gasteiger partial charge in [0.15, 0.2) is 0 Å². The van der Waals surface area contributed by atoms with Crippen molar-refractivity contribution in [3.8, 4) is 0 Å². The Morgan fingerprint density at radius 3 is 2.07 bits per heavy atom. The summed E-state index contributed by atoms with van der Waals surface area (Å²) in [5, 5.41) is 3.01. The van der Waals surface area contributed by atoms with Gasteiger partial charge in [-0.1, -0.05) is 61.9 Å². The Balaban J connectivity index is 2.10. The summed E-state index contributed by atoms with van der Waals surface area (Å²) < 4.78 is 29.3. The molecule has 0 bridgehead atoms. The minimum atomic E-state index is -4.10.